The van der Waals surface area contributed by atoms with Gasteiger partial charge in [-0.2, -0.15) is 0 Å². The first kappa shape index (κ1) is 15.1. The van der Waals surface area contributed by atoms with E-state index in [1.165, 1.54) is 4.68 Å². The summed E-state index contributed by atoms with van der Waals surface area (Å²) in [6.07, 6.45) is 3.95. The summed E-state index contributed by atoms with van der Waals surface area (Å²) >= 11 is 0. The first-order valence-corrected chi connectivity index (χ1v) is 6.44. The Morgan fingerprint density at radius 1 is 1.47 bits per heavy atom. The van der Waals surface area contributed by atoms with Crippen LogP contribution in [-0.2, 0) is 16.0 Å². The lowest BCUT2D eigenvalue weighted by atomic mass is 10.1. The highest BCUT2D eigenvalue weighted by Crippen LogP contribution is 2.08. The lowest BCUT2D eigenvalue weighted by Gasteiger charge is -2.10. The first-order chi connectivity index (χ1) is 9.04. The molecule has 1 rings (SSSR count). The third-order valence-electron chi connectivity index (χ3n) is 2.76. The second-order valence-electron chi connectivity index (χ2n) is 4.36. The fraction of sp³-hybridized carbons (Fsp3) is 0.667. The molecular weight excluding hydrogens is 248 g/mol. The van der Waals surface area contributed by atoms with E-state index in [1.807, 2.05) is 6.92 Å². The first-order valence-electron chi connectivity index (χ1n) is 6.44. The Labute approximate surface area is 112 Å². The minimum atomic E-state index is -0.784. The van der Waals surface area contributed by atoms with E-state index in [4.69, 9.17) is 5.11 Å². The fourth-order valence-electron chi connectivity index (χ4n) is 1.64. The number of amides is 1. The molecule has 0 saturated heterocycles. The molecule has 0 spiro atoms. The van der Waals surface area contributed by atoms with Gasteiger partial charge in [-0.1, -0.05) is 5.21 Å². The molecule has 1 aromatic heterocycles. The summed E-state index contributed by atoms with van der Waals surface area (Å²) in [4.78, 5) is 22.0. The quantitative estimate of drug-likeness (QED) is 0.679. The third kappa shape index (κ3) is 5.07. The van der Waals surface area contributed by atoms with Crippen LogP contribution in [0.4, 0.5) is 0 Å². The van der Waals surface area contributed by atoms with Gasteiger partial charge in [0.1, 0.15) is 6.04 Å². The van der Waals surface area contributed by atoms with Crippen molar-refractivity contribution >= 4 is 11.9 Å². The van der Waals surface area contributed by atoms with Gasteiger partial charge in [0.25, 0.3) is 0 Å². The van der Waals surface area contributed by atoms with Crippen LogP contribution in [-0.4, -0.2) is 38.5 Å². The average molecular weight is 268 g/mol. The molecule has 1 unspecified atom stereocenters. The Morgan fingerprint density at radius 2 is 2.21 bits per heavy atom. The molecule has 7 heteroatoms. The van der Waals surface area contributed by atoms with Crippen molar-refractivity contribution in [3.8, 4) is 0 Å². The number of aliphatic carboxylic acids is 1. The molecule has 1 aromatic rings. The van der Waals surface area contributed by atoms with Crippen LogP contribution in [0, 0.1) is 0 Å². The molecule has 0 fully saturated rings. The van der Waals surface area contributed by atoms with Gasteiger partial charge < -0.3 is 10.4 Å². The predicted octanol–water partition coefficient (Wildman–Crippen LogP) is 0.773. The van der Waals surface area contributed by atoms with Crippen LogP contribution < -0.4 is 5.32 Å². The third-order valence-corrected chi connectivity index (χ3v) is 2.76. The normalized spacial score (nSPS) is 12.1. The smallest absolute Gasteiger partial charge is 0.303 e. The molecule has 1 atom stereocenters. The summed E-state index contributed by atoms with van der Waals surface area (Å²) in [6, 6.07) is -0.389. The minimum Gasteiger partial charge on any atom is -0.481 e. The molecule has 0 saturated carbocycles. The summed E-state index contributed by atoms with van der Waals surface area (Å²) in [6.45, 7) is 4.20. The Balaban J connectivity index is 2.43. The van der Waals surface area contributed by atoms with E-state index in [2.05, 4.69) is 15.6 Å². The van der Waals surface area contributed by atoms with Crippen molar-refractivity contribution in [1.82, 2.24) is 20.3 Å². The van der Waals surface area contributed by atoms with Crippen LogP contribution in [0.3, 0.4) is 0 Å². The molecule has 0 aliphatic heterocycles. The van der Waals surface area contributed by atoms with E-state index in [9.17, 15) is 9.59 Å². The van der Waals surface area contributed by atoms with Gasteiger partial charge in [-0.25, -0.2) is 4.68 Å². The molecule has 19 heavy (non-hydrogen) atoms. The van der Waals surface area contributed by atoms with Gasteiger partial charge in [-0.05, 0) is 33.1 Å². The molecule has 0 aliphatic rings. The van der Waals surface area contributed by atoms with Crippen molar-refractivity contribution in [2.75, 3.05) is 6.54 Å². The number of carboxylic acids is 1. The van der Waals surface area contributed by atoms with E-state index in [-0.39, 0.29) is 18.4 Å². The number of hydrogen-bond acceptors (Lipinski definition) is 4. The van der Waals surface area contributed by atoms with Crippen LogP contribution in [0.25, 0.3) is 0 Å². The monoisotopic (exact) mass is 268 g/mol. The Morgan fingerprint density at radius 3 is 2.84 bits per heavy atom. The summed E-state index contributed by atoms with van der Waals surface area (Å²) in [7, 11) is 0. The van der Waals surface area contributed by atoms with Crippen molar-refractivity contribution in [2.24, 2.45) is 0 Å². The standard InChI is InChI=1S/C12H20N4O3/c1-3-13-12(19)9(2)16-8-10(14-15-16)6-4-5-7-11(17)18/h8-9H,3-7H2,1-2H3,(H,13,19)(H,17,18). The molecule has 106 valence electrons. The molecular formula is C12H20N4O3. The van der Waals surface area contributed by atoms with Gasteiger partial charge in [-0.3, -0.25) is 9.59 Å². The minimum absolute atomic E-state index is 0.0928. The molecule has 0 radical (unpaired) electrons. The molecule has 0 bridgehead atoms. The summed E-state index contributed by atoms with van der Waals surface area (Å²) < 4.78 is 1.53. The highest BCUT2D eigenvalue weighted by atomic mass is 16.4. The SMILES string of the molecule is CCNC(=O)C(C)n1cc(CCCCC(=O)O)nn1. The van der Waals surface area contributed by atoms with E-state index in [1.54, 1.807) is 13.1 Å². The van der Waals surface area contributed by atoms with Crippen molar-refractivity contribution in [1.29, 1.82) is 0 Å². The summed E-state index contributed by atoms with van der Waals surface area (Å²) in [5.74, 6) is -0.877. The van der Waals surface area contributed by atoms with Crippen LogP contribution in [0.15, 0.2) is 6.20 Å². The van der Waals surface area contributed by atoms with E-state index in [0.29, 0.717) is 19.4 Å². The number of rotatable bonds is 8. The highest BCUT2D eigenvalue weighted by Gasteiger charge is 2.15. The predicted molar refractivity (Wildman–Crippen MR) is 68.6 cm³/mol. The van der Waals surface area contributed by atoms with Gasteiger partial charge in [0.05, 0.1) is 5.69 Å². The van der Waals surface area contributed by atoms with Crippen molar-refractivity contribution < 1.29 is 14.7 Å². The molecule has 0 aromatic carbocycles. The van der Waals surface area contributed by atoms with Crippen molar-refractivity contribution in [3.63, 3.8) is 0 Å². The fourth-order valence-corrected chi connectivity index (χ4v) is 1.64. The molecule has 2 N–H and O–H groups in total. The number of nitrogens with one attached hydrogen (secondary N) is 1. The summed E-state index contributed by atoms with van der Waals surface area (Å²) in [5.41, 5.74) is 0.779. The number of carbonyl (C=O) groups excluding carboxylic acids is 1. The number of aryl methyl sites for hydroxylation is 1. The van der Waals surface area contributed by atoms with Gasteiger partial charge in [-0.15, -0.1) is 5.10 Å². The molecule has 7 nitrogen and oxygen atoms in total. The number of unbranched alkanes of at least 4 members (excludes halogenated alkanes) is 1. The zero-order chi connectivity index (χ0) is 14.3. The Hall–Kier alpha value is -1.92. The number of carbonyl (C=O) groups is 2. The zero-order valence-electron chi connectivity index (χ0n) is 11.3. The molecule has 1 amide bonds. The second-order valence-corrected chi connectivity index (χ2v) is 4.36. The highest BCUT2D eigenvalue weighted by molar-refractivity contribution is 5.79. The number of likely N-dealkylation sites (N-methyl/N-ethyl adjacent to an activating group) is 1. The zero-order valence-corrected chi connectivity index (χ0v) is 11.3. The van der Waals surface area contributed by atoms with Gasteiger partial charge in [0.2, 0.25) is 5.91 Å². The topological polar surface area (TPSA) is 97.1 Å². The van der Waals surface area contributed by atoms with Crippen LogP contribution in [0.5, 0.6) is 0 Å². The second kappa shape index (κ2) is 7.50. The van der Waals surface area contributed by atoms with Crippen LogP contribution >= 0.6 is 0 Å². The van der Waals surface area contributed by atoms with Gasteiger partial charge in [0.15, 0.2) is 0 Å². The molecule has 1 heterocycles. The lowest BCUT2D eigenvalue weighted by molar-refractivity contribution is -0.137. The van der Waals surface area contributed by atoms with Crippen LogP contribution in [0.1, 0.15) is 44.8 Å². The average Bonchev–Trinajstić information content (AvgIpc) is 2.82. The Bertz CT molecular complexity index is 430. The Kier molecular flexibility index (Phi) is 5.98. The lowest BCUT2D eigenvalue weighted by Crippen LogP contribution is -2.31. The number of hydrogen-bond donors (Lipinski definition) is 2. The van der Waals surface area contributed by atoms with E-state index < -0.39 is 5.97 Å². The van der Waals surface area contributed by atoms with E-state index in [0.717, 1.165) is 12.1 Å². The maximum absolute atomic E-state index is 11.6. The maximum Gasteiger partial charge on any atom is 0.303 e. The number of nitrogens with zero attached hydrogens (tertiary/aromatic N) is 3. The van der Waals surface area contributed by atoms with Crippen molar-refractivity contribution in [2.45, 2.75) is 45.6 Å². The largest absolute Gasteiger partial charge is 0.481 e. The molecule has 0 aliphatic carbocycles. The number of carboxylic acid groups (broad SMARTS) is 1. The van der Waals surface area contributed by atoms with E-state index >= 15 is 0 Å². The number of aromatic nitrogens is 3. The van der Waals surface area contributed by atoms with Crippen molar-refractivity contribution in [3.05, 3.63) is 11.9 Å². The van der Waals surface area contributed by atoms with Gasteiger partial charge >= 0.3 is 5.97 Å². The van der Waals surface area contributed by atoms with Gasteiger partial charge in [0, 0.05) is 19.2 Å². The summed E-state index contributed by atoms with van der Waals surface area (Å²) in [5, 5.41) is 19.2. The van der Waals surface area contributed by atoms with Crippen LogP contribution in [0.2, 0.25) is 0 Å². The maximum atomic E-state index is 11.6.